The highest BCUT2D eigenvalue weighted by molar-refractivity contribution is 7.85. The highest BCUT2D eigenvalue weighted by Gasteiger charge is 2.21. The molecule has 1 heterocycles. The number of hydrogen-bond donors (Lipinski definition) is 1. The van der Waals surface area contributed by atoms with Gasteiger partial charge in [-0.3, -0.25) is 4.79 Å². The Hall–Kier alpha value is -2.79. The summed E-state index contributed by atoms with van der Waals surface area (Å²) in [5.74, 6) is -0.0388. The van der Waals surface area contributed by atoms with E-state index in [0.717, 1.165) is 26.9 Å². The number of anilines is 2. The number of para-hydroxylation sites is 1. The molecule has 112 valence electrons. The first-order valence-electron chi connectivity index (χ1n) is 7.11. The Labute approximate surface area is 135 Å². The van der Waals surface area contributed by atoms with Crippen molar-refractivity contribution in [2.45, 2.75) is 9.79 Å². The number of aliphatic imine (C=N–C) groups is 1. The highest BCUT2D eigenvalue weighted by atomic mass is 32.2. The zero-order valence-electron chi connectivity index (χ0n) is 12.0. The smallest absolute Gasteiger partial charge is 0.178 e. The van der Waals surface area contributed by atoms with Crippen LogP contribution >= 0.6 is 0 Å². The van der Waals surface area contributed by atoms with Gasteiger partial charge in [-0.1, -0.05) is 12.1 Å². The number of carbonyl (C=O) groups excluding carboxylic acids is 1. The van der Waals surface area contributed by atoms with Crippen LogP contribution in [-0.4, -0.2) is 15.7 Å². The quantitative estimate of drug-likeness (QED) is 0.696. The number of carbonyl (C=O) groups is 1. The molecule has 0 radical (unpaired) electrons. The van der Waals surface area contributed by atoms with Crippen LogP contribution in [-0.2, 0) is 15.6 Å². The number of fused-ring (bicyclic) bond motifs is 2. The maximum atomic E-state index is 12.6. The van der Waals surface area contributed by atoms with Gasteiger partial charge in [-0.2, -0.15) is 0 Å². The van der Waals surface area contributed by atoms with Crippen molar-refractivity contribution < 1.29 is 9.00 Å². The SMILES string of the molecule is O=C1C=CC(=Nc2ccc3c(c2)Nc2ccccc2S3=O)C=C1. The first kappa shape index (κ1) is 13.8. The summed E-state index contributed by atoms with van der Waals surface area (Å²) in [5, 5.41) is 3.30. The fourth-order valence-electron chi connectivity index (χ4n) is 2.51. The van der Waals surface area contributed by atoms with Gasteiger partial charge in [-0.15, -0.1) is 0 Å². The summed E-state index contributed by atoms with van der Waals surface area (Å²) in [7, 11) is -1.19. The van der Waals surface area contributed by atoms with Gasteiger partial charge in [0.05, 0.1) is 43.4 Å². The Balaban J connectivity index is 1.72. The zero-order valence-corrected chi connectivity index (χ0v) is 12.8. The van der Waals surface area contributed by atoms with E-state index < -0.39 is 10.8 Å². The van der Waals surface area contributed by atoms with Crippen LogP contribution in [0.25, 0.3) is 0 Å². The van der Waals surface area contributed by atoms with E-state index in [1.165, 1.54) is 12.2 Å². The average molecular weight is 320 g/mol. The van der Waals surface area contributed by atoms with Gasteiger partial charge in [0.2, 0.25) is 0 Å². The number of nitrogens with zero attached hydrogens (tertiary/aromatic N) is 1. The molecule has 1 atom stereocenters. The van der Waals surface area contributed by atoms with Gasteiger partial charge < -0.3 is 5.32 Å². The minimum Gasteiger partial charge on any atom is -0.353 e. The number of ketones is 1. The number of benzene rings is 2. The van der Waals surface area contributed by atoms with Crippen LogP contribution in [0, 0.1) is 0 Å². The lowest BCUT2D eigenvalue weighted by Gasteiger charge is -2.20. The van der Waals surface area contributed by atoms with Crippen LogP contribution in [0.3, 0.4) is 0 Å². The lowest BCUT2D eigenvalue weighted by Crippen LogP contribution is -2.08. The van der Waals surface area contributed by atoms with Crippen molar-refractivity contribution in [1.82, 2.24) is 0 Å². The predicted octanol–water partition coefficient (Wildman–Crippen LogP) is 3.68. The van der Waals surface area contributed by atoms with Crippen LogP contribution in [0.15, 0.2) is 81.6 Å². The predicted molar refractivity (Wildman–Crippen MR) is 91.2 cm³/mol. The summed E-state index contributed by atoms with van der Waals surface area (Å²) >= 11 is 0. The summed E-state index contributed by atoms with van der Waals surface area (Å²) in [6, 6.07) is 13.1. The van der Waals surface area contributed by atoms with Crippen molar-refractivity contribution in [1.29, 1.82) is 0 Å². The standard InChI is InChI=1S/C18H12N2O2S/c21-14-8-5-12(6-9-14)19-13-7-10-18-16(11-13)20-15-3-1-2-4-17(15)23(18)22/h1-11,20H. The van der Waals surface area contributed by atoms with E-state index in [-0.39, 0.29) is 5.78 Å². The second-order valence-electron chi connectivity index (χ2n) is 5.18. The molecule has 1 N–H and O–H groups in total. The fraction of sp³-hybridized carbons (Fsp3) is 0. The van der Waals surface area contributed by atoms with Gasteiger partial charge in [0, 0.05) is 0 Å². The van der Waals surface area contributed by atoms with Crippen molar-refractivity contribution in [2.75, 3.05) is 5.32 Å². The molecule has 2 aliphatic rings. The normalized spacial score (nSPS) is 18.2. The molecule has 0 fully saturated rings. The average Bonchev–Trinajstić information content (AvgIpc) is 2.57. The number of hydrogen-bond acceptors (Lipinski definition) is 4. The van der Waals surface area contributed by atoms with Crippen LogP contribution in [0.5, 0.6) is 0 Å². The van der Waals surface area contributed by atoms with Crippen molar-refractivity contribution in [3.8, 4) is 0 Å². The van der Waals surface area contributed by atoms with Crippen molar-refractivity contribution >= 4 is 39.4 Å². The number of nitrogens with one attached hydrogen (secondary N) is 1. The Morgan fingerprint density at radius 3 is 2.43 bits per heavy atom. The molecule has 0 amide bonds. The van der Waals surface area contributed by atoms with Crippen LogP contribution in [0.2, 0.25) is 0 Å². The first-order valence-corrected chi connectivity index (χ1v) is 8.26. The summed E-state index contributed by atoms with van der Waals surface area (Å²) in [4.78, 5) is 17.2. The molecule has 0 bridgehead atoms. The lowest BCUT2D eigenvalue weighted by molar-refractivity contribution is -0.110. The first-order chi connectivity index (χ1) is 11.2. The maximum Gasteiger partial charge on any atom is 0.178 e. The molecule has 0 saturated carbocycles. The summed E-state index contributed by atoms with van der Waals surface area (Å²) in [5.41, 5.74) is 3.10. The second kappa shape index (κ2) is 5.44. The second-order valence-corrected chi connectivity index (χ2v) is 6.59. The zero-order chi connectivity index (χ0) is 15.8. The Bertz CT molecular complexity index is 924. The summed E-state index contributed by atoms with van der Waals surface area (Å²) in [6.07, 6.45) is 6.34. The molecule has 0 aromatic heterocycles. The Morgan fingerprint density at radius 2 is 1.61 bits per heavy atom. The number of allylic oxidation sites excluding steroid dienone is 4. The molecule has 1 unspecified atom stereocenters. The third kappa shape index (κ3) is 2.55. The topological polar surface area (TPSA) is 58.5 Å². The van der Waals surface area contributed by atoms with E-state index in [2.05, 4.69) is 10.3 Å². The molecule has 0 spiro atoms. The van der Waals surface area contributed by atoms with E-state index >= 15 is 0 Å². The van der Waals surface area contributed by atoms with Gasteiger partial charge in [-0.25, -0.2) is 9.20 Å². The Kier molecular flexibility index (Phi) is 3.28. The van der Waals surface area contributed by atoms with Gasteiger partial charge in [0.1, 0.15) is 0 Å². The van der Waals surface area contributed by atoms with Crippen LogP contribution < -0.4 is 5.32 Å². The van der Waals surface area contributed by atoms with Crippen LogP contribution in [0.4, 0.5) is 17.1 Å². The van der Waals surface area contributed by atoms with E-state index in [0.29, 0.717) is 5.71 Å². The molecule has 1 aliphatic heterocycles. The van der Waals surface area contributed by atoms with Crippen molar-refractivity contribution in [3.63, 3.8) is 0 Å². The minimum absolute atomic E-state index is 0.0388. The van der Waals surface area contributed by atoms with Gasteiger partial charge >= 0.3 is 0 Å². The third-order valence-electron chi connectivity index (χ3n) is 3.61. The third-order valence-corrected chi connectivity index (χ3v) is 5.12. The number of rotatable bonds is 1. The van der Waals surface area contributed by atoms with Crippen molar-refractivity contribution in [3.05, 3.63) is 66.8 Å². The van der Waals surface area contributed by atoms with E-state index in [1.54, 1.807) is 12.2 Å². The lowest BCUT2D eigenvalue weighted by atomic mass is 10.1. The molecule has 1 aliphatic carbocycles. The fourth-order valence-corrected chi connectivity index (χ4v) is 3.77. The van der Waals surface area contributed by atoms with Gasteiger partial charge in [-0.05, 0) is 54.6 Å². The van der Waals surface area contributed by atoms with Gasteiger partial charge in [0.25, 0.3) is 0 Å². The van der Waals surface area contributed by atoms with E-state index in [9.17, 15) is 9.00 Å². The molecule has 0 saturated heterocycles. The Morgan fingerprint density at radius 1 is 0.870 bits per heavy atom. The minimum atomic E-state index is -1.19. The maximum absolute atomic E-state index is 12.6. The van der Waals surface area contributed by atoms with Gasteiger partial charge in [0.15, 0.2) is 5.78 Å². The molecule has 5 heteroatoms. The molecular formula is C18H12N2O2S. The van der Waals surface area contributed by atoms with Crippen molar-refractivity contribution in [2.24, 2.45) is 4.99 Å². The molecule has 4 nitrogen and oxygen atoms in total. The largest absolute Gasteiger partial charge is 0.353 e. The monoisotopic (exact) mass is 320 g/mol. The molecule has 2 aromatic carbocycles. The molecule has 4 rings (SSSR count). The van der Waals surface area contributed by atoms with E-state index in [1.807, 2.05) is 42.5 Å². The molecule has 23 heavy (non-hydrogen) atoms. The molecular weight excluding hydrogens is 308 g/mol. The highest BCUT2D eigenvalue weighted by Crippen LogP contribution is 2.38. The van der Waals surface area contributed by atoms with Crippen LogP contribution in [0.1, 0.15) is 0 Å². The summed E-state index contributed by atoms with van der Waals surface area (Å²) in [6.45, 7) is 0. The summed E-state index contributed by atoms with van der Waals surface area (Å²) < 4.78 is 12.6. The van der Waals surface area contributed by atoms with E-state index in [4.69, 9.17) is 0 Å². The molecule has 2 aromatic rings.